The van der Waals surface area contributed by atoms with Gasteiger partial charge < -0.3 is 10.1 Å². The topological polar surface area (TPSA) is 92.8 Å². The fourth-order valence-corrected chi connectivity index (χ4v) is 7.54. The lowest BCUT2D eigenvalue weighted by Gasteiger charge is -2.35. The first-order chi connectivity index (χ1) is 18.9. The Hall–Kier alpha value is -3.79. The summed E-state index contributed by atoms with van der Waals surface area (Å²) < 4.78 is 33.7. The zero-order valence-electron chi connectivity index (χ0n) is 21.2. The van der Waals surface area contributed by atoms with Gasteiger partial charge in [-0.15, -0.1) is 11.3 Å². The van der Waals surface area contributed by atoms with Crippen LogP contribution in [-0.4, -0.2) is 37.8 Å². The fraction of sp³-hybridized carbons (Fsp3) is 0.200. The minimum Gasteiger partial charge on any atom is -0.456 e. The first kappa shape index (κ1) is 26.8. The average Bonchev–Trinajstić information content (AvgIpc) is 3.50. The molecule has 3 aromatic carbocycles. The zero-order valence-corrected chi connectivity index (χ0v) is 22.8. The number of anilines is 1. The molecule has 2 heterocycles. The molecule has 1 aliphatic rings. The van der Waals surface area contributed by atoms with Crippen LogP contribution < -0.4 is 5.32 Å². The fourth-order valence-electron chi connectivity index (χ4n) is 4.82. The van der Waals surface area contributed by atoms with Gasteiger partial charge in [-0.05, 0) is 52.6 Å². The Bertz CT molecular complexity index is 1550. The highest BCUT2D eigenvalue weighted by Gasteiger charge is 2.38. The van der Waals surface area contributed by atoms with Crippen molar-refractivity contribution in [1.29, 1.82) is 0 Å². The van der Waals surface area contributed by atoms with E-state index >= 15 is 0 Å². The summed E-state index contributed by atoms with van der Waals surface area (Å²) in [6.45, 7) is -0.210. The van der Waals surface area contributed by atoms with E-state index in [9.17, 15) is 18.0 Å². The summed E-state index contributed by atoms with van der Waals surface area (Å²) in [5.41, 5.74) is 4.48. The molecule has 1 atom stereocenters. The molecule has 0 spiro atoms. The molecule has 1 amide bonds. The Labute approximate surface area is 232 Å². The third-order valence-electron chi connectivity index (χ3n) is 6.67. The van der Waals surface area contributed by atoms with Crippen molar-refractivity contribution in [2.75, 3.05) is 18.5 Å². The quantitative estimate of drug-likeness (QED) is 0.284. The van der Waals surface area contributed by atoms with Crippen LogP contribution in [0.15, 0.2) is 101 Å². The summed E-state index contributed by atoms with van der Waals surface area (Å²) >= 11 is 1.14. The molecule has 1 aliphatic heterocycles. The maximum Gasteiger partial charge on any atom is 0.308 e. The lowest BCUT2D eigenvalue weighted by molar-refractivity contribution is -0.148. The second-order valence-electron chi connectivity index (χ2n) is 9.24. The van der Waals surface area contributed by atoms with Gasteiger partial charge in [0.15, 0.2) is 6.61 Å². The van der Waals surface area contributed by atoms with Crippen molar-refractivity contribution < 1.29 is 22.7 Å². The van der Waals surface area contributed by atoms with Crippen LogP contribution in [0.3, 0.4) is 0 Å². The van der Waals surface area contributed by atoms with Gasteiger partial charge >= 0.3 is 5.97 Å². The Kier molecular flexibility index (Phi) is 8.21. The predicted octanol–water partition coefficient (Wildman–Crippen LogP) is 5.20. The number of rotatable bonds is 9. The number of sulfonamides is 1. The first-order valence-corrected chi connectivity index (χ1v) is 14.9. The first-order valence-electron chi connectivity index (χ1n) is 12.6. The van der Waals surface area contributed by atoms with Gasteiger partial charge in [-0.1, -0.05) is 78.9 Å². The van der Waals surface area contributed by atoms with Gasteiger partial charge in [-0.25, -0.2) is 8.42 Å². The van der Waals surface area contributed by atoms with Crippen molar-refractivity contribution in [1.82, 2.24) is 4.31 Å². The van der Waals surface area contributed by atoms with Crippen molar-refractivity contribution in [3.63, 3.8) is 0 Å². The van der Waals surface area contributed by atoms with E-state index in [1.54, 1.807) is 17.5 Å². The second-order valence-corrected chi connectivity index (χ2v) is 12.3. The van der Waals surface area contributed by atoms with Gasteiger partial charge in [-0.2, -0.15) is 4.31 Å². The summed E-state index contributed by atoms with van der Waals surface area (Å²) in [7, 11) is -3.79. The summed E-state index contributed by atoms with van der Waals surface area (Å²) in [5, 5.41) is 4.55. The number of nitrogens with one attached hydrogen (secondary N) is 1. The standard InChI is InChI=1S/C30H28N2O5S2/c33-28(31-26-14-7-5-12-24(26)19-22-9-2-1-3-10-22)21-37-29(34)20-27-25-13-6-4-11-23(25)16-17-32(27)39(35,36)30-15-8-18-38-30/h1-15,18,27H,16-17,19-21H2,(H,31,33). The molecule has 0 fully saturated rings. The molecular weight excluding hydrogens is 532 g/mol. The molecule has 1 aromatic heterocycles. The Morgan fingerprint density at radius 1 is 0.923 bits per heavy atom. The molecule has 200 valence electrons. The Morgan fingerprint density at radius 3 is 2.46 bits per heavy atom. The van der Waals surface area contributed by atoms with Crippen LogP contribution in [0.25, 0.3) is 0 Å². The molecular formula is C30H28N2O5S2. The molecule has 5 rings (SSSR count). The van der Waals surface area contributed by atoms with Crippen LogP contribution in [0.2, 0.25) is 0 Å². The molecule has 9 heteroatoms. The number of ether oxygens (including phenoxy) is 1. The van der Waals surface area contributed by atoms with Crippen LogP contribution in [-0.2, 0) is 37.2 Å². The van der Waals surface area contributed by atoms with Gasteiger partial charge in [-0.3, -0.25) is 9.59 Å². The van der Waals surface area contributed by atoms with E-state index in [-0.39, 0.29) is 17.2 Å². The number of benzene rings is 3. The highest BCUT2D eigenvalue weighted by molar-refractivity contribution is 7.91. The van der Waals surface area contributed by atoms with Crippen LogP contribution >= 0.6 is 11.3 Å². The van der Waals surface area contributed by atoms with Crippen molar-refractivity contribution in [3.05, 3.63) is 119 Å². The third kappa shape index (κ3) is 6.27. The number of hydrogen-bond donors (Lipinski definition) is 1. The molecule has 0 saturated heterocycles. The highest BCUT2D eigenvalue weighted by atomic mass is 32.2. The number of para-hydroxylation sites is 1. The Morgan fingerprint density at radius 2 is 1.67 bits per heavy atom. The largest absolute Gasteiger partial charge is 0.456 e. The predicted molar refractivity (Wildman–Crippen MR) is 151 cm³/mol. The number of nitrogens with zero attached hydrogens (tertiary/aromatic N) is 1. The van der Waals surface area contributed by atoms with Crippen molar-refractivity contribution in [2.45, 2.75) is 29.5 Å². The summed E-state index contributed by atoms with van der Waals surface area (Å²) in [6.07, 6.45) is 1.00. The van der Waals surface area contributed by atoms with Gasteiger partial charge in [0.25, 0.3) is 15.9 Å². The molecule has 0 saturated carbocycles. The van der Waals surface area contributed by atoms with E-state index in [0.29, 0.717) is 18.5 Å². The molecule has 1 unspecified atom stereocenters. The number of thiophene rings is 1. The second kappa shape index (κ2) is 11.9. The highest BCUT2D eigenvalue weighted by Crippen LogP contribution is 2.37. The van der Waals surface area contributed by atoms with E-state index in [4.69, 9.17) is 4.74 Å². The number of carbonyl (C=O) groups is 2. The molecule has 0 radical (unpaired) electrons. The van der Waals surface area contributed by atoms with E-state index in [2.05, 4.69) is 5.32 Å². The third-order valence-corrected chi connectivity index (χ3v) is 9.96. The lowest BCUT2D eigenvalue weighted by atomic mass is 9.92. The Balaban J connectivity index is 1.25. The SMILES string of the molecule is O=C(COC(=O)CC1c2ccccc2CCN1S(=O)(=O)c1cccs1)Nc1ccccc1Cc1ccccc1. The number of fused-ring (bicyclic) bond motifs is 1. The molecule has 7 nitrogen and oxygen atoms in total. The lowest BCUT2D eigenvalue weighted by Crippen LogP contribution is -2.41. The van der Waals surface area contributed by atoms with Crippen molar-refractivity contribution in [3.8, 4) is 0 Å². The van der Waals surface area contributed by atoms with Crippen molar-refractivity contribution >= 4 is 38.9 Å². The molecule has 0 bridgehead atoms. The number of esters is 1. The van der Waals surface area contributed by atoms with Crippen molar-refractivity contribution in [2.24, 2.45) is 0 Å². The minimum atomic E-state index is -3.79. The smallest absolute Gasteiger partial charge is 0.308 e. The van der Waals surface area contributed by atoms with Gasteiger partial charge in [0.1, 0.15) is 4.21 Å². The van der Waals surface area contributed by atoms with Crippen LogP contribution in [0.5, 0.6) is 0 Å². The monoisotopic (exact) mass is 560 g/mol. The van der Waals surface area contributed by atoms with Gasteiger partial charge in [0.2, 0.25) is 0 Å². The van der Waals surface area contributed by atoms with Crippen LogP contribution in [0.4, 0.5) is 5.69 Å². The molecule has 0 aliphatic carbocycles. The summed E-state index contributed by atoms with van der Waals surface area (Å²) in [6, 6.07) is 27.5. The van der Waals surface area contributed by atoms with Crippen LogP contribution in [0, 0.1) is 0 Å². The van der Waals surface area contributed by atoms with Gasteiger partial charge in [0, 0.05) is 12.2 Å². The minimum absolute atomic E-state index is 0.195. The molecule has 1 N–H and O–H groups in total. The van der Waals surface area contributed by atoms with Crippen LogP contribution in [0.1, 0.15) is 34.7 Å². The normalized spacial score (nSPS) is 15.3. The number of hydrogen-bond acceptors (Lipinski definition) is 6. The van der Waals surface area contributed by atoms with E-state index in [0.717, 1.165) is 33.6 Å². The summed E-state index contributed by atoms with van der Waals surface area (Å²) in [4.78, 5) is 25.6. The van der Waals surface area contributed by atoms with E-state index in [1.165, 1.54) is 4.31 Å². The molecule has 39 heavy (non-hydrogen) atoms. The zero-order chi connectivity index (χ0) is 27.2. The van der Waals surface area contributed by atoms with E-state index < -0.39 is 34.5 Å². The average molecular weight is 561 g/mol. The number of carbonyl (C=O) groups excluding carboxylic acids is 2. The number of amides is 1. The van der Waals surface area contributed by atoms with E-state index in [1.807, 2.05) is 78.9 Å². The maximum atomic E-state index is 13.4. The summed E-state index contributed by atoms with van der Waals surface area (Å²) in [5.74, 6) is -1.10. The maximum absolute atomic E-state index is 13.4. The molecule has 4 aromatic rings. The van der Waals surface area contributed by atoms with Gasteiger partial charge in [0.05, 0.1) is 12.5 Å².